The Balaban J connectivity index is 1.89. The molecule has 0 unspecified atom stereocenters. The van der Waals surface area contributed by atoms with Gasteiger partial charge in [0, 0.05) is 30.5 Å². The normalized spacial score (nSPS) is 11.6. The first-order chi connectivity index (χ1) is 11.1. The van der Waals surface area contributed by atoms with Crippen LogP contribution < -0.4 is 0 Å². The van der Waals surface area contributed by atoms with Gasteiger partial charge in [0.15, 0.2) is 11.5 Å². The number of furan rings is 1. The number of aliphatic hydroxyl groups is 1. The average Bonchev–Trinajstić information content (AvgIpc) is 3.19. The van der Waals surface area contributed by atoms with Gasteiger partial charge in [-0.15, -0.1) is 0 Å². The number of rotatable bonds is 5. The van der Waals surface area contributed by atoms with E-state index in [1.807, 2.05) is 12.1 Å². The standard InChI is InChI=1S/C16H14N4O3/c1-10-12(6-11-2-4-17-5-3-11)13(8-23-10)14(21)7-15(22)16-18-9-19-20-16/h2-5,7-9,22H,6H2,1H3,(H,18,19,20). The van der Waals surface area contributed by atoms with E-state index >= 15 is 0 Å². The summed E-state index contributed by atoms with van der Waals surface area (Å²) in [6.07, 6.45) is 7.74. The van der Waals surface area contributed by atoms with Gasteiger partial charge in [0.1, 0.15) is 18.4 Å². The molecule has 2 N–H and O–H groups in total. The Kier molecular flexibility index (Phi) is 4.01. The maximum absolute atomic E-state index is 12.4. The van der Waals surface area contributed by atoms with E-state index in [2.05, 4.69) is 20.2 Å². The van der Waals surface area contributed by atoms with Gasteiger partial charge in [0.2, 0.25) is 5.82 Å². The predicted molar refractivity (Wildman–Crippen MR) is 81.8 cm³/mol. The monoisotopic (exact) mass is 310 g/mol. The van der Waals surface area contributed by atoms with Crippen LogP contribution in [0.5, 0.6) is 0 Å². The van der Waals surface area contributed by atoms with Crippen molar-refractivity contribution >= 4 is 11.5 Å². The van der Waals surface area contributed by atoms with Crippen LogP contribution in [0.3, 0.4) is 0 Å². The third-order valence-corrected chi connectivity index (χ3v) is 3.41. The Hall–Kier alpha value is -3.22. The molecular formula is C16H14N4O3. The minimum atomic E-state index is -0.367. The number of carbonyl (C=O) groups is 1. The van der Waals surface area contributed by atoms with Gasteiger partial charge in [-0.05, 0) is 24.6 Å². The fourth-order valence-corrected chi connectivity index (χ4v) is 2.21. The molecule has 0 aliphatic rings. The van der Waals surface area contributed by atoms with E-state index < -0.39 is 0 Å². The molecule has 7 heteroatoms. The number of hydrogen-bond donors (Lipinski definition) is 2. The topological polar surface area (TPSA) is 105 Å². The number of ketones is 1. The number of H-pyrrole nitrogens is 1. The van der Waals surface area contributed by atoms with Gasteiger partial charge in [-0.3, -0.25) is 14.9 Å². The van der Waals surface area contributed by atoms with E-state index in [0.717, 1.165) is 17.2 Å². The summed E-state index contributed by atoms with van der Waals surface area (Å²) >= 11 is 0. The summed E-state index contributed by atoms with van der Waals surface area (Å²) < 4.78 is 5.38. The molecule has 3 aromatic heterocycles. The fraction of sp³-hybridized carbons (Fsp3) is 0.125. The van der Waals surface area contributed by atoms with Crippen LogP contribution in [-0.4, -0.2) is 31.1 Å². The zero-order chi connectivity index (χ0) is 16.2. The molecule has 3 heterocycles. The highest BCUT2D eigenvalue weighted by Gasteiger charge is 2.17. The van der Waals surface area contributed by atoms with E-state index in [9.17, 15) is 9.90 Å². The molecule has 116 valence electrons. The Labute approximate surface area is 131 Å². The molecule has 7 nitrogen and oxygen atoms in total. The van der Waals surface area contributed by atoms with Crippen molar-refractivity contribution in [2.75, 3.05) is 0 Å². The van der Waals surface area contributed by atoms with Gasteiger partial charge < -0.3 is 9.52 Å². The molecule has 0 amide bonds. The minimum absolute atomic E-state index is 0.0641. The quantitative estimate of drug-likeness (QED) is 0.426. The highest BCUT2D eigenvalue weighted by molar-refractivity contribution is 6.08. The summed E-state index contributed by atoms with van der Waals surface area (Å²) in [5.41, 5.74) is 2.20. The summed E-state index contributed by atoms with van der Waals surface area (Å²) in [6, 6.07) is 3.75. The molecule has 23 heavy (non-hydrogen) atoms. The number of nitrogens with one attached hydrogen (secondary N) is 1. The lowest BCUT2D eigenvalue weighted by Crippen LogP contribution is -2.01. The zero-order valence-electron chi connectivity index (χ0n) is 12.4. The largest absolute Gasteiger partial charge is 0.504 e. The Morgan fingerprint density at radius 3 is 2.87 bits per heavy atom. The number of aryl methyl sites for hydroxylation is 1. The number of hydrogen-bond acceptors (Lipinski definition) is 6. The lowest BCUT2D eigenvalue weighted by molar-refractivity contribution is 0.104. The molecule has 0 saturated heterocycles. The minimum Gasteiger partial charge on any atom is -0.504 e. The fourth-order valence-electron chi connectivity index (χ4n) is 2.21. The van der Waals surface area contributed by atoms with Crippen LogP contribution in [-0.2, 0) is 6.42 Å². The Morgan fingerprint density at radius 1 is 1.39 bits per heavy atom. The van der Waals surface area contributed by atoms with Gasteiger partial charge in [0.05, 0.1) is 5.56 Å². The van der Waals surface area contributed by atoms with Crippen LogP contribution in [0.25, 0.3) is 5.76 Å². The van der Waals surface area contributed by atoms with E-state index in [-0.39, 0.29) is 17.4 Å². The van der Waals surface area contributed by atoms with Crippen molar-refractivity contribution in [1.82, 2.24) is 20.2 Å². The number of allylic oxidation sites excluding steroid dienone is 1. The van der Waals surface area contributed by atoms with E-state index in [4.69, 9.17) is 4.42 Å². The summed E-state index contributed by atoms with van der Waals surface area (Å²) in [4.78, 5) is 20.2. The van der Waals surface area contributed by atoms with Crippen molar-refractivity contribution < 1.29 is 14.3 Å². The smallest absolute Gasteiger partial charge is 0.215 e. The van der Waals surface area contributed by atoms with Crippen molar-refractivity contribution in [3.8, 4) is 0 Å². The van der Waals surface area contributed by atoms with Crippen LogP contribution in [0.1, 0.15) is 33.1 Å². The van der Waals surface area contributed by atoms with Crippen LogP contribution in [0.15, 0.2) is 47.6 Å². The van der Waals surface area contributed by atoms with Crippen molar-refractivity contribution in [3.05, 3.63) is 71.5 Å². The van der Waals surface area contributed by atoms with E-state index in [0.29, 0.717) is 17.7 Å². The van der Waals surface area contributed by atoms with Gasteiger partial charge >= 0.3 is 0 Å². The predicted octanol–water partition coefficient (Wildman–Crippen LogP) is 2.47. The van der Waals surface area contributed by atoms with Crippen molar-refractivity contribution in [2.24, 2.45) is 0 Å². The number of aliphatic hydroxyl groups excluding tert-OH is 1. The van der Waals surface area contributed by atoms with Crippen molar-refractivity contribution in [2.45, 2.75) is 13.3 Å². The first kappa shape index (κ1) is 14.7. The highest BCUT2D eigenvalue weighted by atomic mass is 16.3. The molecule has 0 atom stereocenters. The number of aromatic nitrogens is 4. The Bertz CT molecular complexity index is 836. The second kappa shape index (κ2) is 6.27. The van der Waals surface area contributed by atoms with Crippen LogP contribution in [0.2, 0.25) is 0 Å². The molecule has 0 bridgehead atoms. The molecule has 3 rings (SSSR count). The number of aromatic amines is 1. The van der Waals surface area contributed by atoms with E-state index in [1.54, 1.807) is 19.3 Å². The zero-order valence-corrected chi connectivity index (χ0v) is 12.4. The first-order valence-corrected chi connectivity index (χ1v) is 6.92. The summed E-state index contributed by atoms with van der Waals surface area (Å²) in [5, 5.41) is 16.1. The summed E-state index contributed by atoms with van der Waals surface area (Å²) in [7, 11) is 0. The second-order valence-electron chi connectivity index (χ2n) is 4.93. The SMILES string of the molecule is Cc1occ(C(=O)C=C(O)c2nc[nH]n2)c1Cc1ccncc1. The highest BCUT2D eigenvalue weighted by Crippen LogP contribution is 2.22. The van der Waals surface area contributed by atoms with Crippen LogP contribution in [0, 0.1) is 6.92 Å². The molecular weight excluding hydrogens is 296 g/mol. The molecule has 0 aliphatic heterocycles. The maximum atomic E-state index is 12.4. The molecule has 0 spiro atoms. The molecule has 0 fully saturated rings. The maximum Gasteiger partial charge on any atom is 0.215 e. The average molecular weight is 310 g/mol. The summed E-state index contributed by atoms with van der Waals surface area (Å²) in [6.45, 7) is 1.80. The molecule has 0 saturated carbocycles. The van der Waals surface area contributed by atoms with Crippen LogP contribution >= 0.6 is 0 Å². The first-order valence-electron chi connectivity index (χ1n) is 6.92. The third-order valence-electron chi connectivity index (χ3n) is 3.41. The van der Waals surface area contributed by atoms with Gasteiger partial charge in [0.25, 0.3) is 0 Å². The van der Waals surface area contributed by atoms with Gasteiger partial charge in [-0.25, -0.2) is 4.98 Å². The van der Waals surface area contributed by atoms with Crippen molar-refractivity contribution in [1.29, 1.82) is 0 Å². The van der Waals surface area contributed by atoms with Crippen LogP contribution in [0.4, 0.5) is 0 Å². The Morgan fingerprint density at radius 2 is 2.17 bits per heavy atom. The molecule has 0 radical (unpaired) electrons. The van der Waals surface area contributed by atoms with Gasteiger partial charge in [-0.1, -0.05) is 0 Å². The second-order valence-corrected chi connectivity index (χ2v) is 4.93. The summed E-state index contributed by atoms with van der Waals surface area (Å²) in [5.74, 6) is 0.0587. The molecule has 3 aromatic rings. The third kappa shape index (κ3) is 3.18. The van der Waals surface area contributed by atoms with Gasteiger partial charge in [-0.2, -0.15) is 5.10 Å². The molecule has 0 aromatic carbocycles. The van der Waals surface area contributed by atoms with Crippen molar-refractivity contribution in [3.63, 3.8) is 0 Å². The van der Waals surface area contributed by atoms with E-state index in [1.165, 1.54) is 12.6 Å². The lowest BCUT2D eigenvalue weighted by Gasteiger charge is -2.02. The number of pyridine rings is 1. The lowest BCUT2D eigenvalue weighted by atomic mass is 10.00. The number of nitrogens with zero attached hydrogens (tertiary/aromatic N) is 3. The number of carbonyl (C=O) groups excluding carboxylic acids is 1. The molecule has 0 aliphatic carbocycles.